The summed E-state index contributed by atoms with van der Waals surface area (Å²) in [5, 5.41) is 0. The summed E-state index contributed by atoms with van der Waals surface area (Å²) in [5.74, 6) is 0. The topological polar surface area (TPSA) is 24.9 Å². The van der Waals surface area contributed by atoms with Crippen molar-refractivity contribution in [1.82, 2.24) is 9.80 Å². The Hall–Kier alpha value is -0.160. The Morgan fingerprint density at radius 3 is 2.24 bits per heavy atom. The average Bonchev–Trinajstić information content (AvgIpc) is 2.40. The van der Waals surface area contributed by atoms with Crippen LogP contribution in [0.5, 0.6) is 0 Å². The molecule has 0 amide bonds. The zero-order valence-corrected chi connectivity index (χ0v) is 14.7. The SMILES string of the molecule is CC(C)N1CCOC(CC(C)N2[C@@H](C)COC[C@@H]2C)[C@H]1C. The van der Waals surface area contributed by atoms with Gasteiger partial charge in [-0.1, -0.05) is 0 Å². The number of rotatable bonds is 4. The molecule has 21 heavy (non-hydrogen) atoms. The van der Waals surface area contributed by atoms with Crippen molar-refractivity contribution in [2.75, 3.05) is 26.4 Å². The molecule has 0 saturated carbocycles. The monoisotopic (exact) mass is 298 g/mol. The molecule has 124 valence electrons. The lowest BCUT2D eigenvalue weighted by atomic mass is 9.97. The molecule has 0 aromatic carbocycles. The Morgan fingerprint density at radius 2 is 1.67 bits per heavy atom. The van der Waals surface area contributed by atoms with Gasteiger partial charge in [0.15, 0.2) is 0 Å². The van der Waals surface area contributed by atoms with Crippen molar-refractivity contribution in [3.63, 3.8) is 0 Å². The van der Waals surface area contributed by atoms with Crippen LogP contribution in [0.25, 0.3) is 0 Å². The molecule has 4 nitrogen and oxygen atoms in total. The van der Waals surface area contributed by atoms with Gasteiger partial charge in [-0.05, 0) is 48.0 Å². The molecule has 0 radical (unpaired) electrons. The summed E-state index contributed by atoms with van der Waals surface area (Å²) in [7, 11) is 0. The van der Waals surface area contributed by atoms with Crippen LogP contribution in [0.2, 0.25) is 0 Å². The molecule has 0 N–H and O–H groups in total. The maximum atomic E-state index is 6.10. The Morgan fingerprint density at radius 1 is 1.05 bits per heavy atom. The van der Waals surface area contributed by atoms with Crippen LogP contribution in [0, 0.1) is 0 Å². The van der Waals surface area contributed by atoms with Gasteiger partial charge in [0.25, 0.3) is 0 Å². The summed E-state index contributed by atoms with van der Waals surface area (Å²) in [5.41, 5.74) is 0. The molecule has 2 unspecified atom stereocenters. The van der Waals surface area contributed by atoms with Gasteiger partial charge in [-0.15, -0.1) is 0 Å². The number of hydrogen-bond acceptors (Lipinski definition) is 4. The number of hydrogen-bond donors (Lipinski definition) is 0. The van der Waals surface area contributed by atoms with Crippen LogP contribution in [0.3, 0.4) is 0 Å². The minimum atomic E-state index is 0.346. The van der Waals surface area contributed by atoms with E-state index in [9.17, 15) is 0 Å². The van der Waals surface area contributed by atoms with Crippen molar-refractivity contribution < 1.29 is 9.47 Å². The van der Waals surface area contributed by atoms with Crippen molar-refractivity contribution in [3.8, 4) is 0 Å². The Labute approximate surface area is 130 Å². The van der Waals surface area contributed by atoms with E-state index in [0.29, 0.717) is 36.3 Å². The standard InChI is InChI=1S/C17H34N2O2/c1-12(2)18-7-8-21-17(16(18)6)9-13(3)19-14(4)10-20-11-15(19)5/h12-17H,7-11H2,1-6H3/t13?,14-,15-,16+,17?/m0/s1. The van der Waals surface area contributed by atoms with Gasteiger partial charge in [0.05, 0.1) is 25.9 Å². The van der Waals surface area contributed by atoms with Crippen molar-refractivity contribution in [3.05, 3.63) is 0 Å². The molecule has 5 atom stereocenters. The summed E-state index contributed by atoms with van der Waals surface area (Å²) in [6.45, 7) is 17.4. The first-order valence-electron chi connectivity index (χ1n) is 8.64. The van der Waals surface area contributed by atoms with Gasteiger partial charge < -0.3 is 9.47 Å². The molecule has 2 fully saturated rings. The van der Waals surface area contributed by atoms with E-state index in [1.165, 1.54) is 0 Å². The second kappa shape index (κ2) is 7.40. The highest BCUT2D eigenvalue weighted by Crippen LogP contribution is 2.25. The first kappa shape index (κ1) is 17.2. The van der Waals surface area contributed by atoms with Crippen molar-refractivity contribution >= 4 is 0 Å². The third kappa shape index (κ3) is 3.98. The predicted octanol–water partition coefficient (Wildman–Crippen LogP) is 2.37. The average molecular weight is 298 g/mol. The van der Waals surface area contributed by atoms with Crippen molar-refractivity contribution in [1.29, 1.82) is 0 Å². The van der Waals surface area contributed by atoms with Gasteiger partial charge >= 0.3 is 0 Å². The predicted molar refractivity (Wildman–Crippen MR) is 86.7 cm³/mol. The molecule has 0 aliphatic carbocycles. The lowest BCUT2D eigenvalue weighted by Crippen LogP contribution is -2.57. The Kier molecular flexibility index (Phi) is 6.06. The lowest BCUT2D eigenvalue weighted by Gasteiger charge is -2.46. The third-order valence-corrected chi connectivity index (χ3v) is 5.22. The van der Waals surface area contributed by atoms with Crippen LogP contribution >= 0.6 is 0 Å². The third-order valence-electron chi connectivity index (χ3n) is 5.22. The van der Waals surface area contributed by atoms with Gasteiger partial charge in [-0.25, -0.2) is 0 Å². The zero-order valence-electron chi connectivity index (χ0n) is 14.7. The van der Waals surface area contributed by atoms with Crippen LogP contribution in [0.15, 0.2) is 0 Å². The van der Waals surface area contributed by atoms with Crippen LogP contribution in [-0.2, 0) is 9.47 Å². The van der Waals surface area contributed by atoms with Crippen molar-refractivity contribution in [2.45, 2.75) is 84.3 Å². The minimum Gasteiger partial charge on any atom is -0.378 e. The van der Waals surface area contributed by atoms with Gasteiger partial charge in [-0.3, -0.25) is 9.80 Å². The minimum absolute atomic E-state index is 0.346. The molecule has 2 heterocycles. The highest BCUT2D eigenvalue weighted by atomic mass is 16.5. The Bertz CT molecular complexity index is 314. The molecule has 2 saturated heterocycles. The molecular formula is C17H34N2O2. The summed E-state index contributed by atoms with van der Waals surface area (Å²) < 4.78 is 11.8. The fourth-order valence-electron chi connectivity index (χ4n) is 4.20. The van der Waals surface area contributed by atoms with Gasteiger partial charge in [0.1, 0.15) is 0 Å². The smallest absolute Gasteiger partial charge is 0.0743 e. The maximum absolute atomic E-state index is 6.10. The van der Waals surface area contributed by atoms with Crippen LogP contribution in [-0.4, -0.2) is 72.5 Å². The van der Waals surface area contributed by atoms with Gasteiger partial charge in [0, 0.05) is 36.8 Å². The molecular weight excluding hydrogens is 264 g/mol. The summed E-state index contributed by atoms with van der Waals surface area (Å²) in [6, 6.07) is 2.65. The van der Waals surface area contributed by atoms with E-state index >= 15 is 0 Å². The highest BCUT2D eigenvalue weighted by Gasteiger charge is 2.35. The van der Waals surface area contributed by atoms with E-state index in [1.807, 2.05) is 0 Å². The highest BCUT2D eigenvalue weighted by molar-refractivity contribution is 4.89. The molecule has 4 heteroatoms. The molecule has 2 aliphatic rings. The number of ether oxygens (including phenoxy) is 2. The molecule has 0 aromatic heterocycles. The maximum Gasteiger partial charge on any atom is 0.0743 e. The first-order chi connectivity index (χ1) is 9.91. The fourth-order valence-corrected chi connectivity index (χ4v) is 4.20. The molecule has 0 bridgehead atoms. The van der Waals surface area contributed by atoms with Gasteiger partial charge in [-0.2, -0.15) is 0 Å². The summed E-state index contributed by atoms with van der Waals surface area (Å²) in [6.07, 6.45) is 1.46. The molecule has 0 aromatic rings. The largest absolute Gasteiger partial charge is 0.378 e. The lowest BCUT2D eigenvalue weighted by molar-refractivity contribution is -0.103. The zero-order chi connectivity index (χ0) is 15.6. The molecule has 0 spiro atoms. The molecule has 2 aliphatic heterocycles. The first-order valence-corrected chi connectivity index (χ1v) is 8.64. The van der Waals surface area contributed by atoms with E-state index in [2.05, 4.69) is 51.3 Å². The van der Waals surface area contributed by atoms with E-state index in [-0.39, 0.29) is 0 Å². The second-order valence-electron chi connectivity index (χ2n) is 7.25. The van der Waals surface area contributed by atoms with Crippen LogP contribution in [0.4, 0.5) is 0 Å². The number of nitrogens with zero attached hydrogens (tertiary/aromatic N) is 2. The second-order valence-corrected chi connectivity index (χ2v) is 7.25. The van der Waals surface area contributed by atoms with E-state index < -0.39 is 0 Å². The Balaban J connectivity index is 1.96. The fraction of sp³-hybridized carbons (Fsp3) is 1.00. The summed E-state index contributed by atoms with van der Waals surface area (Å²) >= 11 is 0. The molecule has 2 rings (SSSR count). The van der Waals surface area contributed by atoms with E-state index in [1.54, 1.807) is 0 Å². The van der Waals surface area contributed by atoms with Crippen molar-refractivity contribution in [2.24, 2.45) is 0 Å². The normalized spacial score (nSPS) is 37.9. The van der Waals surface area contributed by atoms with E-state index in [4.69, 9.17) is 9.47 Å². The quantitative estimate of drug-likeness (QED) is 0.795. The summed E-state index contributed by atoms with van der Waals surface area (Å²) in [4.78, 5) is 5.20. The van der Waals surface area contributed by atoms with Gasteiger partial charge in [0.2, 0.25) is 0 Å². The van der Waals surface area contributed by atoms with Crippen LogP contribution in [0.1, 0.15) is 48.0 Å². The van der Waals surface area contributed by atoms with E-state index in [0.717, 1.165) is 32.8 Å². The van der Waals surface area contributed by atoms with Crippen LogP contribution < -0.4 is 0 Å². The number of morpholine rings is 2.